The van der Waals surface area contributed by atoms with Gasteiger partial charge in [-0.15, -0.1) is 0 Å². The third-order valence-electron chi connectivity index (χ3n) is 2.88. The number of aromatic nitrogens is 1. The molecule has 0 saturated carbocycles. The van der Waals surface area contributed by atoms with E-state index in [2.05, 4.69) is 21.1 Å². The lowest BCUT2D eigenvalue weighted by molar-refractivity contribution is -0.140. The summed E-state index contributed by atoms with van der Waals surface area (Å²) in [6.45, 7) is 1.39. The van der Waals surface area contributed by atoms with Gasteiger partial charge in [-0.25, -0.2) is 4.98 Å². The first kappa shape index (κ1) is 14.7. The van der Waals surface area contributed by atoms with Crippen LogP contribution in [0.5, 0.6) is 0 Å². The number of carbonyl (C=O) groups excluding carboxylic acids is 1. The van der Waals surface area contributed by atoms with E-state index >= 15 is 0 Å². The van der Waals surface area contributed by atoms with Gasteiger partial charge in [0, 0.05) is 20.1 Å². The number of benzene rings is 1. The van der Waals surface area contributed by atoms with Gasteiger partial charge >= 0.3 is 5.97 Å². The Hall–Kier alpha value is -1.66. The van der Waals surface area contributed by atoms with Gasteiger partial charge in [0.15, 0.2) is 5.13 Å². The number of fused-ring (bicyclic) bond motifs is 1. The van der Waals surface area contributed by atoms with Gasteiger partial charge in [-0.3, -0.25) is 4.79 Å². The first-order valence-electron chi connectivity index (χ1n) is 6.42. The summed E-state index contributed by atoms with van der Waals surface area (Å²) in [5.41, 5.74) is 2.09. The topological polar surface area (TPSA) is 60.5 Å². The standard InChI is InChI=1S/C14H18N2O3S/c1-18-8-7-15-14-16-11-5-3-10(9-12(11)20-14)4-6-13(17)19-2/h3,5,9H,4,6-8H2,1-2H3,(H,15,16). The van der Waals surface area contributed by atoms with E-state index in [-0.39, 0.29) is 5.97 Å². The van der Waals surface area contributed by atoms with E-state index in [1.807, 2.05) is 12.1 Å². The fourth-order valence-corrected chi connectivity index (χ4v) is 2.76. The van der Waals surface area contributed by atoms with Crippen molar-refractivity contribution < 1.29 is 14.3 Å². The average Bonchev–Trinajstić information content (AvgIpc) is 2.86. The van der Waals surface area contributed by atoms with E-state index in [0.29, 0.717) is 19.4 Å². The molecule has 0 spiro atoms. The van der Waals surface area contributed by atoms with Crippen LogP contribution in [0.3, 0.4) is 0 Å². The van der Waals surface area contributed by atoms with Gasteiger partial charge < -0.3 is 14.8 Å². The van der Waals surface area contributed by atoms with Crippen LogP contribution in [0.4, 0.5) is 5.13 Å². The minimum Gasteiger partial charge on any atom is -0.469 e. The number of hydrogen-bond donors (Lipinski definition) is 1. The molecule has 20 heavy (non-hydrogen) atoms. The molecule has 1 N–H and O–H groups in total. The number of methoxy groups -OCH3 is 2. The van der Waals surface area contributed by atoms with Crippen molar-refractivity contribution in [3.05, 3.63) is 23.8 Å². The molecule has 0 radical (unpaired) electrons. The van der Waals surface area contributed by atoms with Crippen LogP contribution in [0, 0.1) is 0 Å². The van der Waals surface area contributed by atoms with Crippen LogP contribution in [-0.2, 0) is 20.7 Å². The average molecular weight is 294 g/mol. The zero-order valence-corrected chi connectivity index (χ0v) is 12.5. The molecule has 108 valence electrons. The number of hydrogen-bond acceptors (Lipinski definition) is 6. The van der Waals surface area contributed by atoms with Crippen LogP contribution in [-0.4, -0.2) is 38.3 Å². The Balaban J connectivity index is 2.03. The van der Waals surface area contributed by atoms with Crippen LogP contribution in [0.25, 0.3) is 10.2 Å². The molecule has 0 aliphatic carbocycles. The first-order chi connectivity index (χ1) is 9.72. The number of esters is 1. The maximum atomic E-state index is 11.1. The molecule has 2 rings (SSSR count). The molecule has 1 aromatic carbocycles. The molecule has 0 atom stereocenters. The smallest absolute Gasteiger partial charge is 0.305 e. The predicted octanol–water partition coefficient (Wildman–Crippen LogP) is 2.46. The van der Waals surface area contributed by atoms with Crippen molar-refractivity contribution in [3.8, 4) is 0 Å². The monoisotopic (exact) mass is 294 g/mol. The van der Waals surface area contributed by atoms with Crippen molar-refractivity contribution in [1.82, 2.24) is 4.98 Å². The molecule has 0 saturated heterocycles. The van der Waals surface area contributed by atoms with Gasteiger partial charge in [0.2, 0.25) is 0 Å². The lowest BCUT2D eigenvalue weighted by Crippen LogP contribution is -2.06. The molecule has 0 amide bonds. The number of carbonyl (C=O) groups is 1. The molecule has 0 fully saturated rings. The summed E-state index contributed by atoms with van der Waals surface area (Å²) in [5.74, 6) is -0.184. The summed E-state index contributed by atoms with van der Waals surface area (Å²) in [7, 11) is 3.08. The van der Waals surface area contributed by atoms with Gasteiger partial charge in [0.1, 0.15) is 0 Å². The van der Waals surface area contributed by atoms with Gasteiger partial charge in [-0.05, 0) is 24.1 Å². The van der Waals surface area contributed by atoms with Gasteiger partial charge in [-0.1, -0.05) is 17.4 Å². The largest absolute Gasteiger partial charge is 0.469 e. The Morgan fingerprint density at radius 2 is 2.25 bits per heavy atom. The quantitative estimate of drug-likeness (QED) is 0.628. The highest BCUT2D eigenvalue weighted by Gasteiger charge is 2.06. The van der Waals surface area contributed by atoms with Crippen molar-refractivity contribution in [2.24, 2.45) is 0 Å². The number of anilines is 1. The van der Waals surface area contributed by atoms with Gasteiger partial charge in [-0.2, -0.15) is 0 Å². The Morgan fingerprint density at radius 3 is 3.00 bits per heavy atom. The van der Waals surface area contributed by atoms with Crippen LogP contribution < -0.4 is 5.32 Å². The van der Waals surface area contributed by atoms with E-state index in [0.717, 1.165) is 27.5 Å². The van der Waals surface area contributed by atoms with Crippen molar-refractivity contribution in [2.45, 2.75) is 12.8 Å². The molecule has 0 bridgehead atoms. The molecule has 1 heterocycles. The first-order valence-corrected chi connectivity index (χ1v) is 7.23. The van der Waals surface area contributed by atoms with Crippen LogP contribution in [0.1, 0.15) is 12.0 Å². The van der Waals surface area contributed by atoms with Crippen molar-refractivity contribution >= 4 is 32.7 Å². The summed E-state index contributed by atoms with van der Waals surface area (Å²) >= 11 is 1.61. The summed E-state index contributed by atoms with van der Waals surface area (Å²) in [4.78, 5) is 15.6. The maximum Gasteiger partial charge on any atom is 0.305 e. The summed E-state index contributed by atoms with van der Waals surface area (Å²) in [6, 6.07) is 6.07. The number of thiazole rings is 1. The zero-order chi connectivity index (χ0) is 14.4. The Kier molecular flexibility index (Phi) is 5.31. The van der Waals surface area contributed by atoms with Gasteiger partial charge in [0.05, 0.1) is 23.9 Å². The lowest BCUT2D eigenvalue weighted by Gasteiger charge is -2.00. The molecule has 0 unspecified atom stereocenters. The highest BCUT2D eigenvalue weighted by molar-refractivity contribution is 7.22. The number of nitrogens with zero attached hydrogens (tertiary/aromatic N) is 1. The number of ether oxygens (including phenoxy) is 2. The van der Waals surface area contributed by atoms with Crippen molar-refractivity contribution in [3.63, 3.8) is 0 Å². The molecular weight excluding hydrogens is 276 g/mol. The Morgan fingerprint density at radius 1 is 1.40 bits per heavy atom. The molecule has 5 nitrogen and oxygen atoms in total. The van der Waals surface area contributed by atoms with E-state index in [4.69, 9.17) is 4.74 Å². The highest BCUT2D eigenvalue weighted by atomic mass is 32.1. The number of aryl methyl sites for hydroxylation is 1. The third-order valence-corrected chi connectivity index (χ3v) is 3.86. The second-order valence-corrected chi connectivity index (χ2v) is 5.35. The van der Waals surface area contributed by atoms with E-state index < -0.39 is 0 Å². The fourth-order valence-electron chi connectivity index (χ4n) is 1.81. The zero-order valence-electron chi connectivity index (χ0n) is 11.6. The summed E-state index contributed by atoms with van der Waals surface area (Å²) in [6.07, 6.45) is 1.09. The Bertz CT molecular complexity index is 583. The van der Waals surface area contributed by atoms with Crippen LogP contribution in [0.2, 0.25) is 0 Å². The third kappa shape index (κ3) is 3.91. The normalized spacial score (nSPS) is 10.7. The summed E-state index contributed by atoms with van der Waals surface area (Å²) < 4.78 is 10.8. The van der Waals surface area contributed by atoms with E-state index in [1.54, 1.807) is 18.4 Å². The molecule has 1 aromatic heterocycles. The van der Waals surface area contributed by atoms with E-state index in [9.17, 15) is 4.79 Å². The second-order valence-electron chi connectivity index (χ2n) is 4.32. The minimum absolute atomic E-state index is 0.184. The van der Waals surface area contributed by atoms with E-state index in [1.165, 1.54) is 7.11 Å². The molecule has 6 heteroatoms. The van der Waals surface area contributed by atoms with Crippen LogP contribution >= 0.6 is 11.3 Å². The molecule has 0 aliphatic heterocycles. The van der Waals surface area contributed by atoms with Crippen LogP contribution in [0.15, 0.2) is 18.2 Å². The highest BCUT2D eigenvalue weighted by Crippen LogP contribution is 2.27. The molecule has 2 aromatic rings. The molecular formula is C14H18N2O3S. The number of nitrogens with one attached hydrogen (secondary N) is 1. The predicted molar refractivity (Wildman–Crippen MR) is 80.3 cm³/mol. The fraction of sp³-hybridized carbons (Fsp3) is 0.429. The second kappa shape index (κ2) is 7.21. The maximum absolute atomic E-state index is 11.1. The SMILES string of the molecule is COCCNc1nc2ccc(CCC(=O)OC)cc2s1. The Labute approximate surface area is 121 Å². The van der Waals surface area contributed by atoms with Crippen molar-refractivity contribution in [1.29, 1.82) is 0 Å². The minimum atomic E-state index is -0.184. The number of rotatable bonds is 7. The lowest BCUT2D eigenvalue weighted by atomic mass is 10.1. The van der Waals surface area contributed by atoms with Crippen molar-refractivity contribution in [2.75, 3.05) is 32.7 Å². The molecule has 0 aliphatic rings. The summed E-state index contributed by atoms with van der Waals surface area (Å²) in [5, 5.41) is 4.11. The van der Waals surface area contributed by atoms with Gasteiger partial charge in [0.25, 0.3) is 0 Å².